The highest BCUT2D eigenvalue weighted by molar-refractivity contribution is 5.92. The molecule has 0 radical (unpaired) electrons. The Labute approximate surface area is 156 Å². The smallest absolute Gasteiger partial charge is 0.248 e. The molecule has 2 atom stereocenters. The number of ether oxygens (including phenoxy) is 2. The summed E-state index contributed by atoms with van der Waals surface area (Å²) in [7, 11) is 0. The minimum atomic E-state index is -0.499. The first-order valence-electron chi connectivity index (χ1n) is 8.66. The summed E-state index contributed by atoms with van der Waals surface area (Å²) in [6.45, 7) is 2.74. The van der Waals surface area contributed by atoms with Crippen LogP contribution in [-0.4, -0.2) is 47.0 Å². The summed E-state index contributed by atoms with van der Waals surface area (Å²) in [5.74, 6) is 0.314. The third-order valence-electron chi connectivity index (χ3n) is 4.30. The summed E-state index contributed by atoms with van der Waals surface area (Å²) in [5, 5.41) is 7.16. The van der Waals surface area contributed by atoms with Crippen LogP contribution in [0.2, 0.25) is 0 Å². The molecule has 1 aliphatic rings. The molecule has 2 heterocycles. The van der Waals surface area contributed by atoms with Gasteiger partial charge in [-0.25, -0.2) is 4.68 Å². The standard InChI is InChI=1S/C18H23N5O4/c1-11-8-16(19)23(22-11)9-17(24)21-14-6-7-26-10-15(14)27-13-4-2-12(3-5-13)18(20)25/h2-5,8,14-15H,6-7,9-10,19H2,1H3,(H2,20,25)(H,21,24)/t14-,15-/m1/s1. The van der Waals surface area contributed by atoms with Crippen LogP contribution in [0, 0.1) is 6.92 Å². The minimum Gasteiger partial charge on any atom is -0.486 e. The van der Waals surface area contributed by atoms with E-state index in [0.717, 1.165) is 5.69 Å². The summed E-state index contributed by atoms with van der Waals surface area (Å²) >= 11 is 0. The number of amides is 2. The highest BCUT2D eigenvalue weighted by Crippen LogP contribution is 2.19. The van der Waals surface area contributed by atoms with Gasteiger partial charge in [0.2, 0.25) is 11.8 Å². The summed E-state index contributed by atoms with van der Waals surface area (Å²) < 4.78 is 12.9. The normalized spacial score (nSPS) is 19.4. The molecular formula is C18H23N5O4. The van der Waals surface area contributed by atoms with E-state index in [1.807, 2.05) is 6.92 Å². The van der Waals surface area contributed by atoms with Crippen LogP contribution in [0.5, 0.6) is 5.75 Å². The molecule has 27 heavy (non-hydrogen) atoms. The molecule has 0 unspecified atom stereocenters. The van der Waals surface area contributed by atoms with Gasteiger partial charge in [-0.1, -0.05) is 0 Å². The Hall–Kier alpha value is -3.07. The fourth-order valence-electron chi connectivity index (χ4n) is 2.95. The van der Waals surface area contributed by atoms with Crippen LogP contribution in [0.25, 0.3) is 0 Å². The van der Waals surface area contributed by atoms with E-state index in [9.17, 15) is 9.59 Å². The van der Waals surface area contributed by atoms with Crippen LogP contribution < -0.4 is 21.5 Å². The van der Waals surface area contributed by atoms with Crippen molar-refractivity contribution in [3.63, 3.8) is 0 Å². The highest BCUT2D eigenvalue weighted by Gasteiger charge is 2.29. The Morgan fingerprint density at radius 2 is 2.11 bits per heavy atom. The zero-order valence-electron chi connectivity index (χ0n) is 15.1. The van der Waals surface area contributed by atoms with E-state index in [-0.39, 0.29) is 24.6 Å². The van der Waals surface area contributed by atoms with Gasteiger partial charge in [-0.05, 0) is 37.6 Å². The van der Waals surface area contributed by atoms with Crippen LogP contribution in [0.15, 0.2) is 30.3 Å². The minimum absolute atomic E-state index is 0.0387. The average Bonchev–Trinajstić information content (AvgIpc) is 2.94. The molecule has 0 aliphatic carbocycles. The topological polar surface area (TPSA) is 134 Å². The third-order valence-corrected chi connectivity index (χ3v) is 4.30. The SMILES string of the molecule is Cc1cc(N)n(CC(=O)N[C@@H]2CCOC[C@H]2Oc2ccc(C(N)=O)cc2)n1. The van der Waals surface area contributed by atoms with Gasteiger partial charge in [0.1, 0.15) is 24.2 Å². The molecule has 0 saturated carbocycles. The van der Waals surface area contributed by atoms with E-state index < -0.39 is 5.91 Å². The maximum Gasteiger partial charge on any atom is 0.248 e. The fourth-order valence-corrected chi connectivity index (χ4v) is 2.95. The average molecular weight is 373 g/mol. The predicted molar refractivity (Wildman–Crippen MR) is 98.1 cm³/mol. The van der Waals surface area contributed by atoms with E-state index in [1.165, 1.54) is 4.68 Å². The Morgan fingerprint density at radius 3 is 2.74 bits per heavy atom. The van der Waals surface area contributed by atoms with E-state index in [4.69, 9.17) is 20.9 Å². The van der Waals surface area contributed by atoms with Crippen LogP contribution in [-0.2, 0) is 16.1 Å². The number of carbonyl (C=O) groups excluding carboxylic acids is 2. The third kappa shape index (κ3) is 4.76. The molecule has 0 spiro atoms. The van der Waals surface area contributed by atoms with Gasteiger partial charge in [-0.3, -0.25) is 9.59 Å². The second-order valence-corrected chi connectivity index (χ2v) is 6.45. The number of nitrogen functional groups attached to an aromatic ring is 1. The number of nitrogens with one attached hydrogen (secondary N) is 1. The maximum absolute atomic E-state index is 12.4. The molecule has 1 aromatic heterocycles. The van der Waals surface area contributed by atoms with Crippen molar-refractivity contribution in [2.24, 2.45) is 5.73 Å². The number of nitrogens with zero attached hydrogens (tertiary/aromatic N) is 2. The lowest BCUT2D eigenvalue weighted by atomic mass is 10.1. The van der Waals surface area contributed by atoms with Gasteiger partial charge in [-0.2, -0.15) is 5.10 Å². The zero-order chi connectivity index (χ0) is 19.4. The number of carbonyl (C=O) groups is 2. The molecule has 2 amide bonds. The lowest BCUT2D eigenvalue weighted by Gasteiger charge is -2.32. The molecule has 9 heteroatoms. The molecular weight excluding hydrogens is 350 g/mol. The Morgan fingerprint density at radius 1 is 1.37 bits per heavy atom. The number of aryl methyl sites for hydroxylation is 1. The molecule has 9 nitrogen and oxygen atoms in total. The largest absolute Gasteiger partial charge is 0.486 e. The second-order valence-electron chi connectivity index (χ2n) is 6.45. The Kier molecular flexibility index (Phi) is 5.60. The van der Waals surface area contributed by atoms with Crippen molar-refractivity contribution in [3.05, 3.63) is 41.6 Å². The van der Waals surface area contributed by atoms with Gasteiger partial charge >= 0.3 is 0 Å². The molecule has 3 rings (SSSR count). The summed E-state index contributed by atoms with van der Waals surface area (Å²) in [4.78, 5) is 23.5. The van der Waals surface area contributed by atoms with Gasteiger partial charge in [0.05, 0.1) is 18.3 Å². The van der Waals surface area contributed by atoms with E-state index in [0.29, 0.717) is 36.8 Å². The number of aromatic nitrogens is 2. The van der Waals surface area contributed by atoms with Crippen molar-refractivity contribution in [1.82, 2.24) is 15.1 Å². The summed E-state index contributed by atoms with van der Waals surface area (Å²) in [6.07, 6.45) is 0.280. The Bertz CT molecular complexity index is 818. The van der Waals surface area contributed by atoms with Crippen molar-refractivity contribution in [1.29, 1.82) is 0 Å². The molecule has 144 valence electrons. The number of primary amides is 1. The number of hydrogen-bond acceptors (Lipinski definition) is 6. The lowest BCUT2D eigenvalue weighted by Crippen LogP contribution is -2.52. The van der Waals surface area contributed by atoms with Crippen molar-refractivity contribution in [2.45, 2.75) is 32.0 Å². The molecule has 1 fully saturated rings. The molecule has 1 saturated heterocycles. The number of rotatable bonds is 6. The summed E-state index contributed by atoms with van der Waals surface area (Å²) in [6, 6.07) is 8.03. The first kappa shape index (κ1) is 18.7. The monoisotopic (exact) mass is 373 g/mol. The first-order chi connectivity index (χ1) is 12.9. The van der Waals surface area contributed by atoms with Crippen LogP contribution in [0.3, 0.4) is 0 Å². The van der Waals surface area contributed by atoms with Crippen LogP contribution in [0.4, 0.5) is 5.82 Å². The van der Waals surface area contributed by atoms with E-state index in [2.05, 4.69) is 10.4 Å². The predicted octanol–water partition coefficient (Wildman–Crippen LogP) is 0.225. The van der Waals surface area contributed by atoms with Crippen molar-refractivity contribution in [2.75, 3.05) is 18.9 Å². The van der Waals surface area contributed by atoms with Gasteiger partial charge in [0.15, 0.2) is 0 Å². The molecule has 5 N–H and O–H groups in total. The van der Waals surface area contributed by atoms with Gasteiger partial charge in [-0.15, -0.1) is 0 Å². The van der Waals surface area contributed by atoms with Gasteiger partial charge in [0, 0.05) is 18.2 Å². The second kappa shape index (κ2) is 8.09. The molecule has 1 aromatic carbocycles. The number of nitrogens with two attached hydrogens (primary N) is 2. The highest BCUT2D eigenvalue weighted by atomic mass is 16.5. The zero-order valence-corrected chi connectivity index (χ0v) is 15.1. The fraction of sp³-hybridized carbons (Fsp3) is 0.389. The van der Waals surface area contributed by atoms with Gasteiger partial charge in [0.25, 0.3) is 0 Å². The van der Waals surface area contributed by atoms with Crippen molar-refractivity contribution >= 4 is 17.6 Å². The molecule has 0 bridgehead atoms. The van der Waals surface area contributed by atoms with E-state index in [1.54, 1.807) is 30.3 Å². The summed E-state index contributed by atoms with van der Waals surface area (Å²) in [5.41, 5.74) is 12.2. The maximum atomic E-state index is 12.4. The van der Waals surface area contributed by atoms with Crippen molar-refractivity contribution < 1.29 is 19.1 Å². The first-order valence-corrected chi connectivity index (χ1v) is 8.66. The molecule has 1 aliphatic heterocycles. The number of anilines is 1. The van der Waals surface area contributed by atoms with Gasteiger partial charge < -0.3 is 26.3 Å². The molecule has 2 aromatic rings. The number of hydrogen-bond donors (Lipinski definition) is 3. The number of benzene rings is 1. The lowest BCUT2D eigenvalue weighted by molar-refractivity contribution is -0.124. The Balaban J connectivity index is 1.61. The van der Waals surface area contributed by atoms with Crippen LogP contribution >= 0.6 is 0 Å². The van der Waals surface area contributed by atoms with Crippen molar-refractivity contribution in [3.8, 4) is 5.75 Å². The van der Waals surface area contributed by atoms with E-state index >= 15 is 0 Å². The van der Waals surface area contributed by atoms with Crippen LogP contribution in [0.1, 0.15) is 22.5 Å². The quantitative estimate of drug-likeness (QED) is 0.663.